The van der Waals surface area contributed by atoms with Crippen molar-refractivity contribution in [2.75, 3.05) is 26.8 Å². The molecule has 4 rings (SSSR count). The molecule has 1 atom stereocenters. The average Bonchev–Trinajstić information content (AvgIpc) is 2.64. The molecule has 0 spiro atoms. The van der Waals surface area contributed by atoms with Crippen LogP contribution >= 0.6 is 0 Å². The lowest BCUT2D eigenvalue weighted by Crippen LogP contribution is -2.58. The number of nitrogens with zero attached hydrogens (tertiary/aromatic N) is 1. The third-order valence-electron chi connectivity index (χ3n) is 4.82. The Bertz CT molecular complexity index is 819. The SMILES string of the molecule is COc1ccc2c(c1)OC[C@@H](C(=O)N1CC(Oc3ccccc3F)C1)C2. The largest absolute Gasteiger partial charge is 0.497 e. The number of methoxy groups -OCH3 is 1. The molecule has 2 heterocycles. The van der Waals surface area contributed by atoms with Crippen LogP contribution in [0.25, 0.3) is 0 Å². The molecule has 2 aromatic carbocycles. The molecule has 0 aromatic heterocycles. The zero-order valence-corrected chi connectivity index (χ0v) is 14.5. The van der Waals surface area contributed by atoms with Crippen LogP contribution in [0.1, 0.15) is 5.56 Å². The third kappa shape index (κ3) is 3.19. The van der Waals surface area contributed by atoms with Crippen molar-refractivity contribution in [3.8, 4) is 17.2 Å². The quantitative estimate of drug-likeness (QED) is 0.844. The molecule has 1 fully saturated rings. The molecule has 5 nitrogen and oxygen atoms in total. The van der Waals surface area contributed by atoms with E-state index in [0.29, 0.717) is 26.1 Å². The van der Waals surface area contributed by atoms with Gasteiger partial charge in [-0.05, 0) is 30.2 Å². The van der Waals surface area contributed by atoms with Crippen LogP contribution in [-0.4, -0.2) is 43.7 Å². The average molecular weight is 357 g/mol. The fourth-order valence-corrected chi connectivity index (χ4v) is 3.31. The zero-order chi connectivity index (χ0) is 18.1. The molecular formula is C20H20FNO4. The third-order valence-corrected chi connectivity index (χ3v) is 4.82. The van der Waals surface area contributed by atoms with Gasteiger partial charge in [0.1, 0.15) is 24.2 Å². The Labute approximate surface area is 151 Å². The van der Waals surface area contributed by atoms with E-state index in [1.54, 1.807) is 30.2 Å². The number of amides is 1. The standard InChI is InChI=1S/C20H20FNO4/c1-24-15-7-6-13-8-14(12-25-19(13)9-15)20(23)22-10-16(11-22)26-18-5-3-2-4-17(18)21/h2-7,9,14,16H,8,10-12H2,1H3/t14-/m0/s1. The summed E-state index contributed by atoms with van der Waals surface area (Å²) in [6.45, 7) is 1.30. The van der Waals surface area contributed by atoms with Crippen molar-refractivity contribution in [1.29, 1.82) is 0 Å². The van der Waals surface area contributed by atoms with E-state index in [4.69, 9.17) is 14.2 Å². The van der Waals surface area contributed by atoms with E-state index in [2.05, 4.69) is 0 Å². The first-order chi connectivity index (χ1) is 12.6. The number of para-hydroxylation sites is 1. The Morgan fingerprint density at radius 3 is 2.81 bits per heavy atom. The number of ether oxygens (including phenoxy) is 3. The van der Waals surface area contributed by atoms with Crippen molar-refractivity contribution in [3.05, 3.63) is 53.8 Å². The lowest BCUT2D eigenvalue weighted by atomic mass is 9.94. The van der Waals surface area contributed by atoms with E-state index in [9.17, 15) is 9.18 Å². The summed E-state index contributed by atoms with van der Waals surface area (Å²) in [6, 6.07) is 12.0. The molecule has 6 heteroatoms. The molecule has 1 saturated heterocycles. The molecule has 0 aliphatic carbocycles. The van der Waals surface area contributed by atoms with Crippen molar-refractivity contribution in [2.45, 2.75) is 12.5 Å². The molecule has 0 radical (unpaired) electrons. The monoisotopic (exact) mass is 357 g/mol. The Hall–Kier alpha value is -2.76. The first-order valence-corrected chi connectivity index (χ1v) is 8.63. The van der Waals surface area contributed by atoms with Gasteiger partial charge in [0.25, 0.3) is 0 Å². The molecule has 0 N–H and O–H groups in total. The number of fused-ring (bicyclic) bond motifs is 1. The van der Waals surface area contributed by atoms with Crippen LogP contribution < -0.4 is 14.2 Å². The van der Waals surface area contributed by atoms with Gasteiger partial charge >= 0.3 is 0 Å². The van der Waals surface area contributed by atoms with Crippen LogP contribution in [0.2, 0.25) is 0 Å². The van der Waals surface area contributed by atoms with Gasteiger partial charge in [0.2, 0.25) is 5.91 Å². The maximum absolute atomic E-state index is 13.6. The molecule has 1 amide bonds. The van der Waals surface area contributed by atoms with Crippen molar-refractivity contribution in [2.24, 2.45) is 5.92 Å². The van der Waals surface area contributed by atoms with Crippen LogP contribution in [-0.2, 0) is 11.2 Å². The van der Waals surface area contributed by atoms with Gasteiger partial charge in [-0.15, -0.1) is 0 Å². The second kappa shape index (κ2) is 6.86. The van der Waals surface area contributed by atoms with Gasteiger partial charge in [0.05, 0.1) is 26.1 Å². The van der Waals surface area contributed by atoms with Crippen LogP contribution in [0.4, 0.5) is 4.39 Å². The number of hydrogen-bond acceptors (Lipinski definition) is 4. The van der Waals surface area contributed by atoms with Crippen molar-refractivity contribution in [3.63, 3.8) is 0 Å². The Balaban J connectivity index is 1.33. The first kappa shape index (κ1) is 16.7. The van der Waals surface area contributed by atoms with Gasteiger partial charge in [0.15, 0.2) is 11.6 Å². The van der Waals surface area contributed by atoms with Gasteiger partial charge < -0.3 is 19.1 Å². The first-order valence-electron chi connectivity index (χ1n) is 8.63. The second-order valence-corrected chi connectivity index (χ2v) is 6.60. The van der Waals surface area contributed by atoms with E-state index in [0.717, 1.165) is 17.1 Å². The Morgan fingerprint density at radius 2 is 2.04 bits per heavy atom. The van der Waals surface area contributed by atoms with Gasteiger partial charge in [-0.2, -0.15) is 0 Å². The van der Waals surface area contributed by atoms with Gasteiger partial charge in [0, 0.05) is 6.07 Å². The normalized spacial score (nSPS) is 19.2. The van der Waals surface area contributed by atoms with E-state index < -0.39 is 0 Å². The van der Waals surface area contributed by atoms with E-state index in [1.165, 1.54) is 6.07 Å². The molecule has 2 aromatic rings. The topological polar surface area (TPSA) is 48.0 Å². The predicted molar refractivity (Wildman–Crippen MR) is 93.1 cm³/mol. The molecular weight excluding hydrogens is 337 g/mol. The maximum Gasteiger partial charge on any atom is 0.229 e. The minimum Gasteiger partial charge on any atom is -0.497 e. The summed E-state index contributed by atoms with van der Waals surface area (Å²) in [5.41, 5.74) is 1.01. The fraction of sp³-hybridized carbons (Fsp3) is 0.350. The van der Waals surface area contributed by atoms with Crippen LogP contribution in [0.5, 0.6) is 17.2 Å². The number of carbonyl (C=O) groups is 1. The Morgan fingerprint density at radius 1 is 1.23 bits per heavy atom. The minimum atomic E-state index is -0.384. The molecule has 26 heavy (non-hydrogen) atoms. The predicted octanol–water partition coefficient (Wildman–Crippen LogP) is 2.68. The smallest absolute Gasteiger partial charge is 0.229 e. The van der Waals surface area contributed by atoms with Gasteiger partial charge in [-0.25, -0.2) is 4.39 Å². The van der Waals surface area contributed by atoms with Crippen molar-refractivity contribution in [1.82, 2.24) is 4.90 Å². The number of halogens is 1. The molecule has 0 bridgehead atoms. The summed E-state index contributed by atoms with van der Waals surface area (Å²) in [4.78, 5) is 14.4. The molecule has 136 valence electrons. The number of likely N-dealkylation sites (tertiary alicyclic amines) is 1. The zero-order valence-electron chi connectivity index (χ0n) is 14.5. The number of rotatable bonds is 4. The highest BCUT2D eigenvalue weighted by Crippen LogP contribution is 2.32. The molecule has 2 aliphatic heterocycles. The summed E-state index contributed by atoms with van der Waals surface area (Å²) in [5.74, 6) is 1.21. The minimum absolute atomic E-state index is 0.0554. The summed E-state index contributed by atoms with van der Waals surface area (Å²) in [6.07, 6.45) is 0.477. The highest BCUT2D eigenvalue weighted by atomic mass is 19.1. The lowest BCUT2D eigenvalue weighted by Gasteiger charge is -2.41. The van der Waals surface area contributed by atoms with Crippen LogP contribution in [0, 0.1) is 11.7 Å². The highest BCUT2D eigenvalue weighted by Gasteiger charge is 2.37. The van der Waals surface area contributed by atoms with Crippen molar-refractivity contribution >= 4 is 5.91 Å². The summed E-state index contributed by atoms with van der Waals surface area (Å²) >= 11 is 0. The summed E-state index contributed by atoms with van der Waals surface area (Å²) in [7, 11) is 1.61. The molecule has 2 aliphatic rings. The Kier molecular flexibility index (Phi) is 4.41. The number of benzene rings is 2. The van der Waals surface area contributed by atoms with Gasteiger partial charge in [-0.1, -0.05) is 18.2 Å². The van der Waals surface area contributed by atoms with Crippen molar-refractivity contribution < 1.29 is 23.4 Å². The number of carbonyl (C=O) groups excluding carboxylic acids is 1. The summed E-state index contributed by atoms with van der Waals surface area (Å²) in [5, 5.41) is 0. The maximum atomic E-state index is 13.6. The molecule has 0 unspecified atom stereocenters. The van der Waals surface area contributed by atoms with Crippen LogP contribution in [0.3, 0.4) is 0 Å². The molecule has 0 saturated carbocycles. The van der Waals surface area contributed by atoms with E-state index >= 15 is 0 Å². The van der Waals surface area contributed by atoms with Crippen LogP contribution in [0.15, 0.2) is 42.5 Å². The lowest BCUT2D eigenvalue weighted by molar-refractivity contribution is -0.146. The second-order valence-electron chi connectivity index (χ2n) is 6.60. The van der Waals surface area contributed by atoms with E-state index in [-0.39, 0.29) is 29.5 Å². The fourth-order valence-electron chi connectivity index (χ4n) is 3.31. The van der Waals surface area contributed by atoms with E-state index in [1.807, 2.05) is 18.2 Å². The highest BCUT2D eigenvalue weighted by molar-refractivity contribution is 5.80. The summed E-state index contributed by atoms with van der Waals surface area (Å²) < 4.78 is 30.2. The van der Waals surface area contributed by atoms with Gasteiger partial charge in [-0.3, -0.25) is 4.79 Å². The number of hydrogen-bond donors (Lipinski definition) is 0.